The first kappa shape index (κ1) is 15.0. The molecule has 0 heterocycles. The van der Waals surface area contributed by atoms with E-state index in [4.69, 9.17) is 0 Å². The minimum atomic E-state index is -0.384. The van der Waals surface area contributed by atoms with Crippen molar-refractivity contribution in [1.29, 1.82) is 0 Å². The highest BCUT2D eigenvalue weighted by atomic mass is 16.6. The van der Waals surface area contributed by atoms with Crippen molar-refractivity contribution in [1.82, 2.24) is 5.32 Å². The molecular formula is C16H18N2O3. The molecule has 5 nitrogen and oxygen atoms in total. The Morgan fingerprint density at radius 2 is 2.00 bits per heavy atom. The van der Waals surface area contributed by atoms with E-state index >= 15 is 0 Å². The fourth-order valence-corrected chi connectivity index (χ4v) is 2.23. The van der Waals surface area contributed by atoms with Gasteiger partial charge in [-0.2, -0.15) is 0 Å². The van der Waals surface area contributed by atoms with Gasteiger partial charge in [0.2, 0.25) is 0 Å². The van der Waals surface area contributed by atoms with Crippen LogP contribution in [0.4, 0.5) is 5.69 Å². The predicted molar refractivity (Wildman–Crippen MR) is 81.2 cm³/mol. The largest absolute Gasteiger partial charge is 0.508 e. The van der Waals surface area contributed by atoms with Gasteiger partial charge in [-0.25, -0.2) is 0 Å². The van der Waals surface area contributed by atoms with E-state index in [1.807, 2.05) is 26.0 Å². The Morgan fingerprint density at radius 1 is 1.29 bits per heavy atom. The number of hydrogen-bond donors (Lipinski definition) is 2. The third-order valence-electron chi connectivity index (χ3n) is 3.44. The number of rotatable bonds is 5. The fraction of sp³-hybridized carbons (Fsp3) is 0.250. The first-order valence-electron chi connectivity index (χ1n) is 6.74. The van der Waals surface area contributed by atoms with Crippen molar-refractivity contribution in [2.75, 3.05) is 0 Å². The first-order valence-corrected chi connectivity index (χ1v) is 6.74. The van der Waals surface area contributed by atoms with Crippen LogP contribution in [0.15, 0.2) is 42.5 Å². The number of benzene rings is 2. The van der Waals surface area contributed by atoms with Crippen LogP contribution < -0.4 is 5.32 Å². The monoisotopic (exact) mass is 286 g/mol. The molecule has 0 aromatic heterocycles. The van der Waals surface area contributed by atoms with Gasteiger partial charge >= 0.3 is 0 Å². The van der Waals surface area contributed by atoms with Crippen LogP contribution in [0.25, 0.3) is 0 Å². The first-order chi connectivity index (χ1) is 9.99. The molecule has 110 valence electrons. The van der Waals surface area contributed by atoms with Crippen molar-refractivity contribution >= 4 is 5.69 Å². The average molecular weight is 286 g/mol. The topological polar surface area (TPSA) is 75.4 Å². The number of nitrogens with zero attached hydrogens (tertiary/aromatic N) is 1. The summed E-state index contributed by atoms with van der Waals surface area (Å²) in [4.78, 5) is 10.6. The summed E-state index contributed by atoms with van der Waals surface area (Å²) in [5.74, 6) is 0.234. The van der Waals surface area contributed by atoms with Crippen LogP contribution in [-0.4, -0.2) is 10.0 Å². The number of nitro groups is 1. The summed E-state index contributed by atoms with van der Waals surface area (Å²) >= 11 is 0. The van der Waals surface area contributed by atoms with Gasteiger partial charge in [0.25, 0.3) is 5.69 Å². The number of aryl methyl sites for hydroxylation is 1. The highest BCUT2D eigenvalue weighted by Crippen LogP contribution is 2.26. The Labute approximate surface area is 123 Å². The molecule has 2 aromatic rings. The van der Waals surface area contributed by atoms with Crippen molar-refractivity contribution in [2.24, 2.45) is 0 Å². The molecule has 2 rings (SSSR count). The average Bonchev–Trinajstić information content (AvgIpc) is 2.45. The number of phenolic OH excluding ortho intramolecular Hbond substituents is 1. The van der Waals surface area contributed by atoms with Crippen LogP contribution in [0.1, 0.15) is 29.7 Å². The van der Waals surface area contributed by atoms with Gasteiger partial charge < -0.3 is 10.4 Å². The van der Waals surface area contributed by atoms with Crippen molar-refractivity contribution in [2.45, 2.75) is 26.4 Å². The van der Waals surface area contributed by atoms with Gasteiger partial charge in [0, 0.05) is 29.8 Å². The second-order valence-corrected chi connectivity index (χ2v) is 5.05. The van der Waals surface area contributed by atoms with Gasteiger partial charge in [-0.05, 0) is 25.5 Å². The number of nitro benzene ring substituents is 1. The molecule has 0 saturated heterocycles. The quantitative estimate of drug-likeness (QED) is 0.652. The van der Waals surface area contributed by atoms with Crippen molar-refractivity contribution in [3.63, 3.8) is 0 Å². The molecule has 0 fully saturated rings. The summed E-state index contributed by atoms with van der Waals surface area (Å²) in [6, 6.07) is 12.0. The molecule has 0 aliphatic rings. The molecule has 1 unspecified atom stereocenters. The van der Waals surface area contributed by atoms with E-state index in [-0.39, 0.29) is 22.4 Å². The van der Waals surface area contributed by atoms with Crippen LogP contribution in [0.2, 0.25) is 0 Å². The second kappa shape index (κ2) is 6.37. The summed E-state index contributed by atoms with van der Waals surface area (Å²) in [6.07, 6.45) is 0. The number of nitrogens with one attached hydrogen (secondary N) is 1. The summed E-state index contributed by atoms with van der Waals surface area (Å²) in [5, 5.41) is 24.1. The van der Waals surface area contributed by atoms with Crippen molar-refractivity contribution in [3.05, 3.63) is 69.3 Å². The maximum absolute atomic E-state index is 11.0. The minimum Gasteiger partial charge on any atom is -0.508 e. The number of phenols is 1. The normalized spacial score (nSPS) is 12.1. The lowest BCUT2D eigenvalue weighted by Gasteiger charge is -2.16. The molecule has 0 radical (unpaired) electrons. The molecule has 0 saturated carbocycles. The highest BCUT2D eigenvalue weighted by molar-refractivity contribution is 5.40. The molecule has 1 atom stereocenters. The number of hydrogen-bond acceptors (Lipinski definition) is 4. The number of aromatic hydroxyl groups is 1. The summed E-state index contributed by atoms with van der Waals surface area (Å²) in [6.45, 7) is 4.19. The lowest BCUT2D eigenvalue weighted by atomic mass is 10.0. The molecule has 5 heteroatoms. The summed E-state index contributed by atoms with van der Waals surface area (Å²) in [5.41, 5.74) is 2.49. The highest BCUT2D eigenvalue weighted by Gasteiger charge is 2.14. The van der Waals surface area contributed by atoms with E-state index in [1.165, 1.54) is 6.07 Å². The standard InChI is InChI=1S/C16H18N2O3/c1-11-7-8-14(16(19)9-11)12(2)17-10-13-5-3-4-6-15(13)18(20)21/h3-9,12,17,19H,10H2,1-2H3. The Hall–Kier alpha value is -2.40. The SMILES string of the molecule is Cc1ccc(C(C)NCc2ccccc2[N+](=O)[O-])c(O)c1. The zero-order valence-electron chi connectivity index (χ0n) is 12.0. The molecule has 0 aliphatic heterocycles. The van der Waals surface area contributed by atoms with Crippen LogP contribution >= 0.6 is 0 Å². The molecule has 0 bridgehead atoms. The zero-order chi connectivity index (χ0) is 15.4. The maximum atomic E-state index is 11.0. The van der Waals surface area contributed by atoms with Gasteiger partial charge in [0.15, 0.2) is 0 Å². The molecule has 2 N–H and O–H groups in total. The molecule has 2 aromatic carbocycles. The van der Waals surface area contributed by atoms with Gasteiger partial charge in [0.05, 0.1) is 4.92 Å². The van der Waals surface area contributed by atoms with Crippen molar-refractivity contribution in [3.8, 4) is 5.75 Å². The Kier molecular flexibility index (Phi) is 4.55. The maximum Gasteiger partial charge on any atom is 0.273 e. The van der Waals surface area contributed by atoms with E-state index in [0.29, 0.717) is 12.1 Å². The smallest absolute Gasteiger partial charge is 0.273 e. The summed E-state index contributed by atoms with van der Waals surface area (Å²) in [7, 11) is 0. The van der Waals surface area contributed by atoms with Gasteiger partial charge in [0.1, 0.15) is 5.75 Å². The fourth-order valence-electron chi connectivity index (χ4n) is 2.23. The molecule has 0 aliphatic carbocycles. The molecule has 21 heavy (non-hydrogen) atoms. The van der Waals surface area contributed by atoms with Crippen LogP contribution in [0.5, 0.6) is 5.75 Å². The number of para-hydroxylation sites is 1. The summed E-state index contributed by atoms with van der Waals surface area (Å²) < 4.78 is 0. The van der Waals surface area contributed by atoms with Gasteiger partial charge in [-0.1, -0.05) is 30.3 Å². The molecular weight excluding hydrogens is 268 g/mol. The van der Waals surface area contributed by atoms with E-state index in [2.05, 4.69) is 5.32 Å². The van der Waals surface area contributed by atoms with E-state index in [0.717, 1.165) is 11.1 Å². The molecule has 0 amide bonds. The van der Waals surface area contributed by atoms with Gasteiger partial charge in [-0.15, -0.1) is 0 Å². The molecule has 0 spiro atoms. The lowest BCUT2D eigenvalue weighted by Crippen LogP contribution is -2.18. The Morgan fingerprint density at radius 3 is 2.67 bits per heavy atom. The third-order valence-corrected chi connectivity index (χ3v) is 3.44. The van der Waals surface area contributed by atoms with E-state index in [1.54, 1.807) is 24.3 Å². The predicted octanol–water partition coefficient (Wildman–Crippen LogP) is 3.46. The van der Waals surface area contributed by atoms with E-state index < -0.39 is 0 Å². The Balaban J connectivity index is 2.11. The zero-order valence-corrected chi connectivity index (χ0v) is 12.0. The third kappa shape index (κ3) is 3.58. The van der Waals surface area contributed by atoms with Crippen LogP contribution in [-0.2, 0) is 6.54 Å². The second-order valence-electron chi connectivity index (χ2n) is 5.05. The Bertz CT molecular complexity index is 656. The van der Waals surface area contributed by atoms with Crippen LogP contribution in [0, 0.1) is 17.0 Å². The lowest BCUT2D eigenvalue weighted by molar-refractivity contribution is -0.385. The minimum absolute atomic E-state index is 0.102. The van der Waals surface area contributed by atoms with Gasteiger partial charge in [-0.3, -0.25) is 10.1 Å². The van der Waals surface area contributed by atoms with E-state index in [9.17, 15) is 15.2 Å². The van der Waals surface area contributed by atoms with Crippen molar-refractivity contribution < 1.29 is 10.0 Å². The van der Waals surface area contributed by atoms with Crippen LogP contribution in [0.3, 0.4) is 0 Å².